The average Bonchev–Trinajstić information content (AvgIpc) is 2.53. The van der Waals surface area contributed by atoms with Gasteiger partial charge in [0.05, 0.1) is 10.9 Å². The number of nitrogens with two attached hydrogens (primary N) is 1. The van der Waals surface area contributed by atoms with Crippen LogP contribution < -0.4 is 15.2 Å². The highest BCUT2D eigenvalue weighted by molar-refractivity contribution is 7.89. The number of hydrogen-bond donors (Lipinski definition) is 2. The second-order valence-electron chi connectivity index (χ2n) is 5.96. The fourth-order valence-electron chi connectivity index (χ4n) is 2.42. The van der Waals surface area contributed by atoms with Crippen LogP contribution in [0.1, 0.15) is 29.7 Å². The molecule has 0 bridgehead atoms. The van der Waals surface area contributed by atoms with Crippen molar-refractivity contribution in [2.45, 2.75) is 31.7 Å². The maximum atomic E-state index is 12.1. The first-order valence-corrected chi connectivity index (χ1v) is 9.33. The van der Waals surface area contributed by atoms with E-state index in [0.717, 1.165) is 16.7 Å². The van der Waals surface area contributed by atoms with Crippen LogP contribution in [-0.2, 0) is 14.8 Å². The van der Waals surface area contributed by atoms with Crippen molar-refractivity contribution in [3.05, 3.63) is 59.2 Å². The molecule has 0 fully saturated rings. The Labute approximate surface area is 148 Å². The number of sulfonamides is 1. The van der Waals surface area contributed by atoms with Gasteiger partial charge in [0, 0.05) is 0 Å². The lowest BCUT2D eigenvalue weighted by atomic mass is 10.1. The Morgan fingerprint density at radius 3 is 2.36 bits per heavy atom. The lowest BCUT2D eigenvalue weighted by Crippen LogP contribution is -2.31. The van der Waals surface area contributed by atoms with Gasteiger partial charge in [0.25, 0.3) is 5.91 Å². The molecule has 0 spiro atoms. The summed E-state index contributed by atoms with van der Waals surface area (Å²) in [4.78, 5) is 12.1. The van der Waals surface area contributed by atoms with Crippen molar-refractivity contribution in [2.75, 3.05) is 6.61 Å². The minimum Gasteiger partial charge on any atom is -0.484 e. The van der Waals surface area contributed by atoms with Crippen LogP contribution in [-0.4, -0.2) is 20.9 Å². The van der Waals surface area contributed by atoms with Crippen LogP contribution in [0.4, 0.5) is 0 Å². The molecule has 2 aromatic carbocycles. The Hall–Kier alpha value is -2.38. The van der Waals surface area contributed by atoms with Gasteiger partial charge in [-0.2, -0.15) is 0 Å². The van der Waals surface area contributed by atoms with E-state index in [4.69, 9.17) is 9.88 Å². The van der Waals surface area contributed by atoms with Gasteiger partial charge in [-0.1, -0.05) is 29.8 Å². The second kappa shape index (κ2) is 7.67. The summed E-state index contributed by atoms with van der Waals surface area (Å²) in [6.07, 6.45) is 0. The molecule has 2 aromatic rings. The van der Waals surface area contributed by atoms with Crippen LogP contribution in [0.25, 0.3) is 0 Å². The van der Waals surface area contributed by atoms with Gasteiger partial charge in [-0.3, -0.25) is 4.79 Å². The predicted octanol–water partition coefficient (Wildman–Crippen LogP) is 2.21. The first kappa shape index (κ1) is 19.0. The lowest BCUT2D eigenvalue weighted by Gasteiger charge is -2.15. The Balaban J connectivity index is 1.93. The average molecular weight is 362 g/mol. The van der Waals surface area contributed by atoms with Crippen LogP contribution in [0.2, 0.25) is 0 Å². The molecule has 3 N–H and O–H groups in total. The maximum Gasteiger partial charge on any atom is 0.258 e. The van der Waals surface area contributed by atoms with Gasteiger partial charge in [-0.25, -0.2) is 13.6 Å². The summed E-state index contributed by atoms with van der Waals surface area (Å²) < 4.78 is 28.0. The quantitative estimate of drug-likeness (QED) is 0.823. The molecule has 0 aliphatic heterocycles. The minimum absolute atomic E-state index is 0.0351. The highest BCUT2D eigenvalue weighted by atomic mass is 32.2. The molecule has 2 rings (SSSR count). The number of amides is 1. The van der Waals surface area contributed by atoms with Gasteiger partial charge in [-0.05, 0) is 50.1 Å². The Kier molecular flexibility index (Phi) is 5.81. The number of nitrogens with one attached hydrogen (secondary N) is 1. The molecule has 25 heavy (non-hydrogen) atoms. The third-order valence-corrected chi connectivity index (χ3v) is 4.70. The monoisotopic (exact) mass is 362 g/mol. The van der Waals surface area contributed by atoms with E-state index in [-0.39, 0.29) is 23.5 Å². The zero-order chi connectivity index (χ0) is 18.6. The number of carbonyl (C=O) groups excluding carboxylic acids is 1. The molecule has 1 unspecified atom stereocenters. The Bertz CT molecular complexity index is 861. The van der Waals surface area contributed by atoms with E-state index < -0.39 is 10.0 Å². The molecule has 0 heterocycles. The molecule has 0 aliphatic carbocycles. The van der Waals surface area contributed by atoms with E-state index in [9.17, 15) is 13.2 Å². The number of carbonyl (C=O) groups is 1. The van der Waals surface area contributed by atoms with Crippen molar-refractivity contribution in [3.8, 4) is 5.75 Å². The normalized spacial score (nSPS) is 12.5. The highest BCUT2D eigenvalue weighted by Gasteiger charge is 2.13. The number of rotatable bonds is 6. The summed E-state index contributed by atoms with van der Waals surface area (Å²) in [5.41, 5.74) is 2.87. The Morgan fingerprint density at radius 2 is 1.80 bits per heavy atom. The number of aryl methyl sites for hydroxylation is 2. The molecule has 0 saturated carbocycles. The van der Waals surface area contributed by atoms with Crippen molar-refractivity contribution in [2.24, 2.45) is 5.14 Å². The standard InChI is InChI=1S/C18H22N2O4S/c1-12-4-9-17(13(2)10-12)24-11-18(21)20-14(3)15-5-7-16(8-6-15)25(19,22)23/h4-10,14H,11H2,1-3H3,(H,20,21)(H2,19,22,23). The fourth-order valence-corrected chi connectivity index (χ4v) is 2.93. The van der Waals surface area contributed by atoms with Crippen molar-refractivity contribution in [1.82, 2.24) is 5.32 Å². The molecular formula is C18H22N2O4S. The smallest absolute Gasteiger partial charge is 0.258 e. The van der Waals surface area contributed by atoms with E-state index >= 15 is 0 Å². The fraction of sp³-hybridized carbons (Fsp3) is 0.278. The molecule has 0 aromatic heterocycles. The van der Waals surface area contributed by atoms with Crippen molar-refractivity contribution < 1.29 is 17.9 Å². The summed E-state index contributed by atoms with van der Waals surface area (Å²) in [7, 11) is -3.72. The van der Waals surface area contributed by atoms with Gasteiger partial charge in [0.15, 0.2) is 6.61 Å². The summed E-state index contributed by atoms with van der Waals surface area (Å²) >= 11 is 0. The molecular weight excluding hydrogens is 340 g/mol. The predicted molar refractivity (Wildman–Crippen MR) is 95.8 cm³/mol. The largest absolute Gasteiger partial charge is 0.484 e. The van der Waals surface area contributed by atoms with Gasteiger partial charge in [0.2, 0.25) is 10.0 Å². The van der Waals surface area contributed by atoms with E-state index in [2.05, 4.69) is 5.32 Å². The number of benzene rings is 2. The minimum atomic E-state index is -3.72. The zero-order valence-electron chi connectivity index (χ0n) is 14.4. The van der Waals surface area contributed by atoms with Crippen molar-refractivity contribution >= 4 is 15.9 Å². The van der Waals surface area contributed by atoms with Crippen LogP contribution >= 0.6 is 0 Å². The summed E-state index contributed by atoms with van der Waals surface area (Å²) in [5.74, 6) is 0.411. The molecule has 7 heteroatoms. The van der Waals surface area contributed by atoms with Crippen LogP contribution in [0, 0.1) is 13.8 Å². The van der Waals surface area contributed by atoms with E-state index in [0.29, 0.717) is 5.75 Å². The topological polar surface area (TPSA) is 98.5 Å². The van der Waals surface area contributed by atoms with Crippen LogP contribution in [0.15, 0.2) is 47.4 Å². The van der Waals surface area contributed by atoms with Gasteiger partial charge in [-0.15, -0.1) is 0 Å². The maximum absolute atomic E-state index is 12.1. The molecule has 0 radical (unpaired) electrons. The van der Waals surface area contributed by atoms with Gasteiger partial charge >= 0.3 is 0 Å². The first-order valence-electron chi connectivity index (χ1n) is 7.79. The summed E-state index contributed by atoms with van der Waals surface area (Å²) in [6, 6.07) is 11.5. The number of primary sulfonamides is 1. The Morgan fingerprint density at radius 1 is 1.16 bits per heavy atom. The number of ether oxygens (including phenoxy) is 1. The van der Waals surface area contributed by atoms with E-state index in [1.165, 1.54) is 12.1 Å². The molecule has 1 atom stereocenters. The highest BCUT2D eigenvalue weighted by Crippen LogP contribution is 2.19. The van der Waals surface area contributed by atoms with Gasteiger partial charge < -0.3 is 10.1 Å². The molecule has 134 valence electrons. The van der Waals surface area contributed by atoms with Crippen LogP contribution in [0.5, 0.6) is 5.75 Å². The SMILES string of the molecule is Cc1ccc(OCC(=O)NC(C)c2ccc(S(N)(=O)=O)cc2)c(C)c1. The molecule has 0 aliphatic rings. The van der Waals surface area contributed by atoms with E-state index in [1.54, 1.807) is 19.1 Å². The number of hydrogen-bond acceptors (Lipinski definition) is 4. The second-order valence-corrected chi connectivity index (χ2v) is 7.52. The van der Waals surface area contributed by atoms with Crippen LogP contribution in [0.3, 0.4) is 0 Å². The molecule has 0 saturated heterocycles. The third-order valence-electron chi connectivity index (χ3n) is 3.78. The third kappa shape index (κ3) is 5.30. The summed E-state index contributed by atoms with van der Waals surface area (Å²) in [5, 5.41) is 7.88. The first-order chi connectivity index (χ1) is 11.7. The van der Waals surface area contributed by atoms with Crippen molar-refractivity contribution in [3.63, 3.8) is 0 Å². The summed E-state index contributed by atoms with van der Waals surface area (Å²) in [6.45, 7) is 5.63. The molecule has 6 nitrogen and oxygen atoms in total. The zero-order valence-corrected chi connectivity index (χ0v) is 15.3. The molecule has 1 amide bonds. The van der Waals surface area contributed by atoms with E-state index in [1.807, 2.05) is 32.0 Å². The lowest BCUT2D eigenvalue weighted by molar-refractivity contribution is -0.123. The van der Waals surface area contributed by atoms with Gasteiger partial charge in [0.1, 0.15) is 5.75 Å². The van der Waals surface area contributed by atoms with Crippen molar-refractivity contribution in [1.29, 1.82) is 0 Å².